The van der Waals surface area contributed by atoms with Crippen molar-refractivity contribution in [3.8, 4) is 0 Å². The van der Waals surface area contributed by atoms with Crippen LogP contribution in [0.4, 0.5) is 0 Å². The molecule has 0 spiro atoms. The minimum absolute atomic E-state index is 0.420. The molecule has 2 N–H and O–H groups in total. The monoisotopic (exact) mass is 351 g/mol. The van der Waals surface area contributed by atoms with E-state index in [1.54, 1.807) is 0 Å². The van der Waals surface area contributed by atoms with Gasteiger partial charge in [-0.15, -0.1) is 0 Å². The van der Waals surface area contributed by atoms with Crippen molar-refractivity contribution in [3.63, 3.8) is 0 Å². The third-order valence-corrected chi connectivity index (χ3v) is 6.00. The first-order valence-corrected chi connectivity index (χ1v) is 10.8. The van der Waals surface area contributed by atoms with Gasteiger partial charge < -0.3 is 10.6 Å². The highest BCUT2D eigenvalue weighted by atomic mass is 15.3. The average molecular weight is 352 g/mol. The van der Waals surface area contributed by atoms with E-state index in [0.29, 0.717) is 22.9 Å². The summed E-state index contributed by atoms with van der Waals surface area (Å²) in [5.74, 6) is 0. The predicted molar refractivity (Wildman–Crippen MR) is 110 cm³/mol. The van der Waals surface area contributed by atoms with Crippen molar-refractivity contribution in [2.24, 2.45) is 10.8 Å². The highest BCUT2D eigenvalue weighted by Gasteiger charge is 2.36. The van der Waals surface area contributed by atoms with Crippen LogP contribution < -0.4 is 10.6 Å². The van der Waals surface area contributed by atoms with Gasteiger partial charge in [0.05, 0.1) is 0 Å². The van der Waals surface area contributed by atoms with E-state index >= 15 is 0 Å². The summed E-state index contributed by atoms with van der Waals surface area (Å²) in [6.45, 7) is 18.8. The fraction of sp³-hybridized carbons (Fsp3) is 1.00. The highest BCUT2D eigenvalue weighted by molar-refractivity contribution is 4.97. The summed E-state index contributed by atoms with van der Waals surface area (Å²) in [6, 6.07) is 2.07. The van der Waals surface area contributed by atoms with Gasteiger partial charge in [-0.2, -0.15) is 0 Å². The van der Waals surface area contributed by atoms with Crippen molar-refractivity contribution in [2.75, 3.05) is 26.2 Å². The fourth-order valence-electron chi connectivity index (χ4n) is 4.26. The van der Waals surface area contributed by atoms with E-state index in [1.807, 2.05) is 0 Å². The summed E-state index contributed by atoms with van der Waals surface area (Å²) in [5.41, 5.74) is 0.841. The van der Waals surface area contributed by atoms with E-state index in [2.05, 4.69) is 57.1 Å². The third-order valence-electron chi connectivity index (χ3n) is 6.00. The van der Waals surface area contributed by atoms with Crippen LogP contribution in [0.3, 0.4) is 0 Å². The van der Waals surface area contributed by atoms with Crippen molar-refractivity contribution >= 4 is 0 Å². The Bertz CT molecular complexity index is 346. The van der Waals surface area contributed by atoms with Crippen molar-refractivity contribution in [2.45, 2.75) is 105 Å². The molecule has 148 valence electrons. The molecule has 0 amide bonds. The molecular formula is C22H45N3. The van der Waals surface area contributed by atoms with Crippen LogP contribution in [0.15, 0.2) is 0 Å². The van der Waals surface area contributed by atoms with Crippen LogP contribution in [0.2, 0.25) is 0 Å². The number of nitrogens with zero attached hydrogens (tertiary/aromatic N) is 1. The molecule has 25 heavy (non-hydrogen) atoms. The molecule has 2 atom stereocenters. The van der Waals surface area contributed by atoms with E-state index < -0.39 is 0 Å². The first kappa shape index (κ1) is 21.2. The zero-order valence-corrected chi connectivity index (χ0v) is 18.0. The molecule has 1 aliphatic heterocycles. The zero-order valence-electron chi connectivity index (χ0n) is 18.0. The second-order valence-corrected chi connectivity index (χ2v) is 11.0. The summed E-state index contributed by atoms with van der Waals surface area (Å²) in [5, 5.41) is 7.80. The van der Waals surface area contributed by atoms with Crippen molar-refractivity contribution < 1.29 is 0 Å². The van der Waals surface area contributed by atoms with Crippen LogP contribution in [0.5, 0.6) is 0 Å². The molecule has 0 bridgehead atoms. The maximum absolute atomic E-state index is 3.90. The molecule has 1 saturated carbocycles. The number of likely N-dealkylation sites (tertiary alicyclic amines) is 1. The maximum atomic E-state index is 3.90. The molecule has 0 unspecified atom stereocenters. The van der Waals surface area contributed by atoms with Gasteiger partial charge in [-0.3, -0.25) is 4.90 Å². The number of hydrogen-bond donors (Lipinski definition) is 2. The Hall–Kier alpha value is -0.120. The first-order chi connectivity index (χ1) is 11.6. The number of nitrogens with one attached hydrogen (secondary N) is 2. The molecule has 0 radical (unpaired) electrons. The fourth-order valence-corrected chi connectivity index (χ4v) is 4.26. The van der Waals surface area contributed by atoms with Gasteiger partial charge in [-0.25, -0.2) is 0 Å². The van der Waals surface area contributed by atoms with Crippen LogP contribution >= 0.6 is 0 Å². The Balaban J connectivity index is 1.86. The van der Waals surface area contributed by atoms with Gasteiger partial charge in [-0.05, 0) is 49.6 Å². The Labute approximate surface area is 157 Å². The molecule has 1 aliphatic carbocycles. The molecule has 0 aromatic heterocycles. The summed E-state index contributed by atoms with van der Waals surface area (Å²) in [4.78, 5) is 2.79. The van der Waals surface area contributed by atoms with Crippen LogP contribution in [0, 0.1) is 10.8 Å². The summed E-state index contributed by atoms with van der Waals surface area (Å²) >= 11 is 0. The minimum atomic E-state index is 0.420. The SMILES string of the molecule is CC(C)(C)CCN[C@@H]1CN(C2CCCCC2)C[C@H]1NCCC(C)(C)C. The number of hydrogen-bond acceptors (Lipinski definition) is 3. The van der Waals surface area contributed by atoms with E-state index in [4.69, 9.17) is 0 Å². The van der Waals surface area contributed by atoms with Crippen LogP contribution in [-0.4, -0.2) is 49.2 Å². The van der Waals surface area contributed by atoms with Gasteiger partial charge in [-0.1, -0.05) is 60.8 Å². The first-order valence-electron chi connectivity index (χ1n) is 10.8. The van der Waals surface area contributed by atoms with E-state index in [0.717, 1.165) is 19.1 Å². The molecular weight excluding hydrogens is 306 g/mol. The van der Waals surface area contributed by atoms with Crippen LogP contribution in [-0.2, 0) is 0 Å². The molecule has 0 aromatic rings. The molecule has 2 aliphatic rings. The van der Waals surface area contributed by atoms with Gasteiger partial charge in [0, 0.05) is 31.2 Å². The Morgan fingerprint density at radius 1 is 0.720 bits per heavy atom. The molecule has 1 saturated heterocycles. The van der Waals surface area contributed by atoms with Gasteiger partial charge >= 0.3 is 0 Å². The van der Waals surface area contributed by atoms with Crippen molar-refractivity contribution in [1.29, 1.82) is 0 Å². The lowest BCUT2D eigenvalue weighted by atomic mass is 9.92. The topological polar surface area (TPSA) is 27.3 Å². The molecule has 1 heterocycles. The lowest BCUT2D eigenvalue weighted by molar-refractivity contribution is 0.184. The van der Waals surface area contributed by atoms with Gasteiger partial charge in [0.15, 0.2) is 0 Å². The highest BCUT2D eigenvalue weighted by Crippen LogP contribution is 2.26. The Morgan fingerprint density at radius 2 is 1.16 bits per heavy atom. The minimum Gasteiger partial charge on any atom is -0.311 e. The molecule has 3 nitrogen and oxygen atoms in total. The van der Waals surface area contributed by atoms with Gasteiger partial charge in [0.1, 0.15) is 0 Å². The van der Waals surface area contributed by atoms with E-state index in [-0.39, 0.29) is 0 Å². The number of rotatable bonds is 7. The third kappa shape index (κ3) is 7.97. The van der Waals surface area contributed by atoms with Crippen molar-refractivity contribution in [1.82, 2.24) is 15.5 Å². The second-order valence-electron chi connectivity index (χ2n) is 11.0. The molecule has 2 fully saturated rings. The second kappa shape index (κ2) is 9.19. The Morgan fingerprint density at radius 3 is 1.56 bits per heavy atom. The average Bonchev–Trinajstić information content (AvgIpc) is 2.89. The summed E-state index contributed by atoms with van der Waals surface area (Å²) in [7, 11) is 0. The smallest absolute Gasteiger partial charge is 0.0361 e. The quantitative estimate of drug-likeness (QED) is 0.711. The zero-order chi connectivity index (χ0) is 18.5. The summed E-state index contributed by atoms with van der Waals surface area (Å²) in [6.07, 6.45) is 9.66. The molecule has 2 rings (SSSR count). The lowest BCUT2D eigenvalue weighted by Gasteiger charge is -2.31. The van der Waals surface area contributed by atoms with Crippen LogP contribution in [0.1, 0.15) is 86.5 Å². The molecule has 0 aromatic carbocycles. The van der Waals surface area contributed by atoms with E-state index in [1.165, 1.54) is 58.0 Å². The van der Waals surface area contributed by atoms with Gasteiger partial charge in [0.2, 0.25) is 0 Å². The standard InChI is InChI=1S/C22H45N3/c1-21(2,3)12-14-23-19-16-25(18-10-8-7-9-11-18)17-20(19)24-15-13-22(4,5)6/h18-20,23-24H,7-17H2,1-6H3/t19-,20-/m1/s1. The van der Waals surface area contributed by atoms with E-state index in [9.17, 15) is 0 Å². The normalized spacial score (nSPS) is 27.1. The largest absolute Gasteiger partial charge is 0.311 e. The summed E-state index contributed by atoms with van der Waals surface area (Å²) < 4.78 is 0. The maximum Gasteiger partial charge on any atom is 0.0361 e. The predicted octanol–water partition coefficient (Wildman–Crippen LogP) is 4.42. The van der Waals surface area contributed by atoms with Crippen molar-refractivity contribution in [3.05, 3.63) is 0 Å². The Kier molecular flexibility index (Phi) is 7.79. The van der Waals surface area contributed by atoms with Gasteiger partial charge in [0.25, 0.3) is 0 Å². The van der Waals surface area contributed by atoms with Crippen LogP contribution in [0.25, 0.3) is 0 Å². The lowest BCUT2D eigenvalue weighted by Crippen LogP contribution is -2.48. The molecule has 3 heteroatoms.